The predicted molar refractivity (Wildman–Crippen MR) is 31.7 cm³/mol. The van der Waals surface area contributed by atoms with Crippen LogP contribution in [0.4, 0.5) is 0 Å². The van der Waals surface area contributed by atoms with Gasteiger partial charge >= 0.3 is 0 Å². The Morgan fingerprint density at radius 1 is 1.43 bits per heavy atom. The molecule has 0 bridgehead atoms. The molecule has 44 valence electrons. The molecule has 1 aliphatic carbocycles. The molecule has 0 aromatic rings. The summed E-state index contributed by atoms with van der Waals surface area (Å²) < 4.78 is 0. The van der Waals surface area contributed by atoms with E-state index in [-0.39, 0.29) is 12.4 Å². The van der Waals surface area contributed by atoms with Crippen molar-refractivity contribution in [2.75, 3.05) is 6.61 Å². The fourth-order valence-electron chi connectivity index (χ4n) is 0.675. The molecule has 1 N–H and O–H groups in total. The van der Waals surface area contributed by atoms with Crippen molar-refractivity contribution >= 4 is 12.4 Å². The third kappa shape index (κ3) is 1.66. The minimum absolute atomic E-state index is 0. The first-order chi connectivity index (χ1) is 2.93. The average molecular weight is 123 g/mol. The number of aliphatic hydroxyl groups is 1. The number of aliphatic hydroxyl groups excluding tert-OH is 1. The average Bonchev–Trinajstić information content (AvgIpc) is 1.31. The topological polar surface area (TPSA) is 20.2 Å². The van der Waals surface area contributed by atoms with Gasteiger partial charge in [-0.1, -0.05) is 6.42 Å². The smallest absolute Gasteiger partial charge is 0.0459 e. The van der Waals surface area contributed by atoms with E-state index in [4.69, 9.17) is 5.11 Å². The monoisotopic (exact) mass is 122 g/mol. The number of rotatable bonds is 1. The van der Waals surface area contributed by atoms with Gasteiger partial charge in [0.05, 0.1) is 0 Å². The van der Waals surface area contributed by atoms with Crippen LogP contribution in [0.2, 0.25) is 0 Å². The highest BCUT2D eigenvalue weighted by atomic mass is 35.5. The van der Waals surface area contributed by atoms with Crippen LogP contribution in [-0.4, -0.2) is 11.7 Å². The normalized spacial score (nSPS) is 20.1. The molecule has 0 amide bonds. The van der Waals surface area contributed by atoms with E-state index in [0.717, 1.165) is 0 Å². The fourth-order valence-corrected chi connectivity index (χ4v) is 0.675. The van der Waals surface area contributed by atoms with Gasteiger partial charge in [-0.15, -0.1) is 12.4 Å². The van der Waals surface area contributed by atoms with E-state index in [1.54, 1.807) is 0 Å². The maximum Gasteiger partial charge on any atom is 0.0459 e. The molecule has 0 saturated heterocycles. The molecule has 0 aromatic heterocycles. The first-order valence-electron chi connectivity index (χ1n) is 2.54. The van der Waals surface area contributed by atoms with Gasteiger partial charge in [-0.05, 0) is 18.8 Å². The molecule has 1 fully saturated rings. The van der Waals surface area contributed by atoms with Crippen LogP contribution in [0, 0.1) is 5.92 Å². The Labute approximate surface area is 50.1 Å². The van der Waals surface area contributed by atoms with Crippen molar-refractivity contribution in [1.82, 2.24) is 0 Å². The molecule has 0 spiro atoms. The first kappa shape index (κ1) is 7.25. The SMILES string of the molecule is Cl.OCC1CCC1. The zero-order chi connectivity index (χ0) is 4.41. The number of halogens is 1. The molecule has 1 rings (SSSR count). The minimum Gasteiger partial charge on any atom is -0.396 e. The lowest BCUT2D eigenvalue weighted by Crippen LogP contribution is -2.14. The number of hydrogen-bond donors (Lipinski definition) is 1. The molecule has 0 unspecified atom stereocenters. The first-order valence-corrected chi connectivity index (χ1v) is 2.54. The molecule has 1 nitrogen and oxygen atoms in total. The quantitative estimate of drug-likeness (QED) is 0.554. The third-order valence-corrected chi connectivity index (χ3v) is 1.48. The molecule has 0 atom stereocenters. The lowest BCUT2D eigenvalue weighted by molar-refractivity contribution is 0.163. The van der Waals surface area contributed by atoms with E-state index < -0.39 is 0 Å². The van der Waals surface area contributed by atoms with Crippen molar-refractivity contribution in [3.8, 4) is 0 Å². The molecule has 1 aliphatic rings. The van der Waals surface area contributed by atoms with Gasteiger partial charge in [0, 0.05) is 6.61 Å². The molecular formula is C5H11ClO. The largest absolute Gasteiger partial charge is 0.396 e. The third-order valence-electron chi connectivity index (χ3n) is 1.48. The zero-order valence-corrected chi connectivity index (χ0v) is 5.08. The lowest BCUT2D eigenvalue weighted by Gasteiger charge is -2.21. The van der Waals surface area contributed by atoms with Crippen LogP contribution in [0.3, 0.4) is 0 Å². The summed E-state index contributed by atoms with van der Waals surface area (Å²) in [5.41, 5.74) is 0. The van der Waals surface area contributed by atoms with Gasteiger partial charge in [0.1, 0.15) is 0 Å². The van der Waals surface area contributed by atoms with E-state index in [1.807, 2.05) is 0 Å². The van der Waals surface area contributed by atoms with E-state index in [0.29, 0.717) is 12.5 Å². The van der Waals surface area contributed by atoms with Crippen molar-refractivity contribution in [1.29, 1.82) is 0 Å². The van der Waals surface area contributed by atoms with Gasteiger partial charge in [-0.25, -0.2) is 0 Å². The summed E-state index contributed by atoms with van der Waals surface area (Å²) in [6.45, 7) is 0.417. The molecule has 0 aromatic carbocycles. The fraction of sp³-hybridized carbons (Fsp3) is 1.00. The summed E-state index contributed by atoms with van der Waals surface area (Å²) in [7, 11) is 0. The second-order valence-electron chi connectivity index (χ2n) is 1.98. The van der Waals surface area contributed by atoms with Crippen molar-refractivity contribution in [2.24, 2.45) is 5.92 Å². The molecule has 2 heteroatoms. The van der Waals surface area contributed by atoms with Gasteiger partial charge in [0.15, 0.2) is 0 Å². The van der Waals surface area contributed by atoms with Gasteiger partial charge in [-0.3, -0.25) is 0 Å². The summed E-state index contributed by atoms with van der Waals surface area (Å²) in [6, 6.07) is 0. The van der Waals surface area contributed by atoms with E-state index >= 15 is 0 Å². The van der Waals surface area contributed by atoms with Crippen molar-refractivity contribution < 1.29 is 5.11 Å². The summed E-state index contributed by atoms with van der Waals surface area (Å²) in [5.74, 6) is 0.671. The van der Waals surface area contributed by atoms with Crippen molar-refractivity contribution in [2.45, 2.75) is 19.3 Å². The van der Waals surface area contributed by atoms with Crippen LogP contribution in [-0.2, 0) is 0 Å². The van der Waals surface area contributed by atoms with Gasteiger partial charge in [0.25, 0.3) is 0 Å². The molecular weight excluding hydrogens is 112 g/mol. The molecule has 7 heavy (non-hydrogen) atoms. The Bertz CT molecular complexity index is 40.6. The van der Waals surface area contributed by atoms with Crippen molar-refractivity contribution in [3.63, 3.8) is 0 Å². The van der Waals surface area contributed by atoms with Crippen LogP contribution in [0.5, 0.6) is 0 Å². The van der Waals surface area contributed by atoms with Crippen LogP contribution in [0.1, 0.15) is 19.3 Å². The standard InChI is InChI=1S/C5H10O.ClH/c6-4-5-2-1-3-5;/h5-6H,1-4H2;1H. The zero-order valence-electron chi connectivity index (χ0n) is 4.26. The summed E-state index contributed by atoms with van der Waals surface area (Å²) in [5, 5.41) is 8.39. The lowest BCUT2D eigenvalue weighted by atomic mass is 9.86. The minimum atomic E-state index is 0. The maximum atomic E-state index is 8.39. The summed E-state index contributed by atoms with van der Waals surface area (Å²) >= 11 is 0. The summed E-state index contributed by atoms with van der Waals surface area (Å²) in [4.78, 5) is 0. The van der Waals surface area contributed by atoms with Gasteiger partial charge in [0.2, 0.25) is 0 Å². The van der Waals surface area contributed by atoms with Gasteiger partial charge in [-0.2, -0.15) is 0 Å². The Morgan fingerprint density at radius 3 is 2.00 bits per heavy atom. The Balaban J connectivity index is 0.000000360. The van der Waals surface area contributed by atoms with Crippen LogP contribution < -0.4 is 0 Å². The van der Waals surface area contributed by atoms with Crippen molar-refractivity contribution in [3.05, 3.63) is 0 Å². The maximum absolute atomic E-state index is 8.39. The second kappa shape index (κ2) is 3.28. The predicted octanol–water partition coefficient (Wildman–Crippen LogP) is 1.20. The number of hydrogen-bond acceptors (Lipinski definition) is 1. The van der Waals surface area contributed by atoms with E-state index in [9.17, 15) is 0 Å². The second-order valence-corrected chi connectivity index (χ2v) is 1.98. The van der Waals surface area contributed by atoms with Crippen LogP contribution >= 0.6 is 12.4 Å². The van der Waals surface area contributed by atoms with E-state index in [2.05, 4.69) is 0 Å². The highest BCUT2D eigenvalue weighted by molar-refractivity contribution is 5.85. The van der Waals surface area contributed by atoms with Crippen LogP contribution in [0.15, 0.2) is 0 Å². The Hall–Kier alpha value is 0.250. The molecule has 0 radical (unpaired) electrons. The molecule has 1 saturated carbocycles. The van der Waals surface area contributed by atoms with E-state index in [1.165, 1.54) is 19.3 Å². The molecule has 0 heterocycles. The Morgan fingerprint density at radius 2 is 2.00 bits per heavy atom. The van der Waals surface area contributed by atoms with Crippen LogP contribution in [0.25, 0.3) is 0 Å². The Kier molecular flexibility index (Phi) is 3.39. The molecule has 0 aliphatic heterocycles. The summed E-state index contributed by atoms with van der Waals surface area (Å²) in [6.07, 6.45) is 3.86. The highest BCUT2D eigenvalue weighted by Crippen LogP contribution is 2.24. The van der Waals surface area contributed by atoms with Gasteiger partial charge < -0.3 is 5.11 Å². The highest BCUT2D eigenvalue weighted by Gasteiger charge is 2.14.